The van der Waals surface area contributed by atoms with Gasteiger partial charge in [-0.05, 0) is 17.9 Å². The summed E-state index contributed by atoms with van der Waals surface area (Å²) >= 11 is 0. The van der Waals surface area contributed by atoms with Crippen molar-refractivity contribution in [1.82, 2.24) is 9.97 Å². The van der Waals surface area contributed by atoms with E-state index in [0.717, 1.165) is 29.7 Å². The number of aromatic nitrogens is 2. The number of hydrogen-bond donors (Lipinski definition) is 1. The standard InChI is InChI=1S/C17H21N3O/c1-11(2)9-12-3-5-13(6-4-12)17-19-15-7-8-21-10-14(15)16(18)20-17/h3-6,11H,7-10H2,1-2H3,(H2,18,19,20). The second-order valence-electron chi connectivity index (χ2n) is 5.96. The SMILES string of the molecule is CC(C)Cc1ccc(-c2nc(N)c3c(n2)CCOC3)cc1. The monoisotopic (exact) mass is 283 g/mol. The lowest BCUT2D eigenvalue weighted by molar-refractivity contribution is 0.109. The van der Waals surface area contributed by atoms with Crippen molar-refractivity contribution in [3.05, 3.63) is 41.1 Å². The van der Waals surface area contributed by atoms with Crippen LogP contribution in [0.15, 0.2) is 24.3 Å². The minimum absolute atomic E-state index is 0.523. The summed E-state index contributed by atoms with van der Waals surface area (Å²) in [6, 6.07) is 8.46. The Morgan fingerprint density at radius 1 is 1.19 bits per heavy atom. The maximum Gasteiger partial charge on any atom is 0.161 e. The van der Waals surface area contributed by atoms with E-state index in [2.05, 4.69) is 48.1 Å². The highest BCUT2D eigenvalue weighted by atomic mass is 16.5. The number of hydrogen-bond acceptors (Lipinski definition) is 4. The first-order valence-electron chi connectivity index (χ1n) is 7.46. The molecule has 0 spiro atoms. The van der Waals surface area contributed by atoms with Gasteiger partial charge in [0, 0.05) is 17.5 Å². The maximum absolute atomic E-state index is 6.04. The molecular formula is C17H21N3O. The quantitative estimate of drug-likeness (QED) is 0.940. The van der Waals surface area contributed by atoms with E-state index < -0.39 is 0 Å². The number of benzene rings is 1. The van der Waals surface area contributed by atoms with E-state index >= 15 is 0 Å². The van der Waals surface area contributed by atoms with E-state index in [1.807, 2.05) is 0 Å². The highest BCUT2D eigenvalue weighted by molar-refractivity contribution is 5.59. The van der Waals surface area contributed by atoms with Crippen molar-refractivity contribution in [3.8, 4) is 11.4 Å². The molecule has 1 aliphatic rings. The smallest absolute Gasteiger partial charge is 0.161 e. The number of rotatable bonds is 3. The Kier molecular flexibility index (Phi) is 3.88. The first-order valence-corrected chi connectivity index (χ1v) is 7.46. The first-order chi connectivity index (χ1) is 10.1. The van der Waals surface area contributed by atoms with Crippen LogP contribution in [-0.4, -0.2) is 16.6 Å². The Hall–Kier alpha value is -1.94. The fourth-order valence-corrected chi connectivity index (χ4v) is 2.65. The molecule has 4 nitrogen and oxygen atoms in total. The van der Waals surface area contributed by atoms with Crippen LogP contribution >= 0.6 is 0 Å². The summed E-state index contributed by atoms with van der Waals surface area (Å²) in [5, 5.41) is 0. The normalized spacial score (nSPS) is 14.2. The topological polar surface area (TPSA) is 61.0 Å². The third-order valence-corrected chi connectivity index (χ3v) is 3.71. The molecule has 2 aromatic rings. The van der Waals surface area contributed by atoms with E-state index in [9.17, 15) is 0 Å². The summed E-state index contributed by atoms with van der Waals surface area (Å²) in [4.78, 5) is 9.10. The molecule has 0 saturated carbocycles. The zero-order chi connectivity index (χ0) is 14.8. The molecule has 0 unspecified atom stereocenters. The van der Waals surface area contributed by atoms with Crippen LogP contribution in [0.2, 0.25) is 0 Å². The lowest BCUT2D eigenvalue weighted by Crippen LogP contribution is -2.16. The minimum Gasteiger partial charge on any atom is -0.383 e. The first kappa shape index (κ1) is 14.0. The second kappa shape index (κ2) is 5.82. The van der Waals surface area contributed by atoms with Crippen molar-refractivity contribution in [1.29, 1.82) is 0 Å². The molecule has 1 aromatic carbocycles. The van der Waals surface area contributed by atoms with Gasteiger partial charge in [0.15, 0.2) is 5.82 Å². The van der Waals surface area contributed by atoms with Crippen LogP contribution in [-0.2, 0) is 24.2 Å². The molecule has 4 heteroatoms. The molecule has 2 heterocycles. The molecule has 2 N–H and O–H groups in total. The van der Waals surface area contributed by atoms with Crippen molar-refractivity contribution >= 4 is 5.82 Å². The van der Waals surface area contributed by atoms with Gasteiger partial charge >= 0.3 is 0 Å². The Labute approximate surface area is 125 Å². The minimum atomic E-state index is 0.523. The molecule has 0 atom stereocenters. The van der Waals surface area contributed by atoms with Gasteiger partial charge in [0.1, 0.15) is 5.82 Å². The summed E-state index contributed by atoms with van der Waals surface area (Å²) in [5.41, 5.74) is 10.4. The van der Waals surface area contributed by atoms with Crippen molar-refractivity contribution in [2.75, 3.05) is 12.3 Å². The van der Waals surface area contributed by atoms with Crippen LogP contribution in [0.5, 0.6) is 0 Å². The van der Waals surface area contributed by atoms with Gasteiger partial charge < -0.3 is 10.5 Å². The van der Waals surface area contributed by atoms with Crippen LogP contribution in [0, 0.1) is 5.92 Å². The number of nitrogen functional groups attached to an aromatic ring is 1. The Morgan fingerprint density at radius 2 is 1.95 bits per heavy atom. The summed E-state index contributed by atoms with van der Waals surface area (Å²) in [7, 11) is 0. The van der Waals surface area contributed by atoms with E-state index in [4.69, 9.17) is 10.5 Å². The van der Waals surface area contributed by atoms with Gasteiger partial charge in [-0.3, -0.25) is 0 Å². The van der Waals surface area contributed by atoms with Crippen LogP contribution < -0.4 is 5.73 Å². The van der Waals surface area contributed by atoms with Crippen LogP contribution in [0.1, 0.15) is 30.7 Å². The maximum atomic E-state index is 6.04. The van der Waals surface area contributed by atoms with E-state index in [1.165, 1.54) is 5.56 Å². The third-order valence-electron chi connectivity index (χ3n) is 3.71. The van der Waals surface area contributed by atoms with Crippen molar-refractivity contribution in [3.63, 3.8) is 0 Å². The largest absolute Gasteiger partial charge is 0.383 e. The average Bonchev–Trinajstić information content (AvgIpc) is 2.47. The molecule has 3 rings (SSSR count). The molecule has 1 aromatic heterocycles. The molecule has 0 bridgehead atoms. The predicted molar refractivity (Wildman–Crippen MR) is 83.8 cm³/mol. The lowest BCUT2D eigenvalue weighted by Gasteiger charge is -2.17. The van der Waals surface area contributed by atoms with Gasteiger partial charge in [-0.15, -0.1) is 0 Å². The van der Waals surface area contributed by atoms with Gasteiger partial charge in [-0.25, -0.2) is 9.97 Å². The van der Waals surface area contributed by atoms with Gasteiger partial charge in [-0.2, -0.15) is 0 Å². The van der Waals surface area contributed by atoms with Gasteiger partial charge in [0.2, 0.25) is 0 Å². The molecule has 1 aliphatic heterocycles. The van der Waals surface area contributed by atoms with Crippen molar-refractivity contribution in [2.45, 2.75) is 33.3 Å². The molecule has 21 heavy (non-hydrogen) atoms. The highest BCUT2D eigenvalue weighted by Gasteiger charge is 2.17. The van der Waals surface area contributed by atoms with Gasteiger partial charge in [-0.1, -0.05) is 38.1 Å². The molecule has 110 valence electrons. The average molecular weight is 283 g/mol. The zero-order valence-electron chi connectivity index (χ0n) is 12.6. The number of nitrogens with two attached hydrogens (primary N) is 1. The van der Waals surface area contributed by atoms with Crippen LogP contribution in [0.4, 0.5) is 5.82 Å². The summed E-state index contributed by atoms with van der Waals surface area (Å²) in [6.07, 6.45) is 1.89. The Balaban J connectivity index is 1.91. The fraction of sp³-hybridized carbons (Fsp3) is 0.412. The summed E-state index contributed by atoms with van der Waals surface area (Å²) in [6.45, 7) is 5.68. The van der Waals surface area contributed by atoms with Crippen LogP contribution in [0.3, 0.4) is 0 Å². The van der Waals surface area contributed by atoms with Crippen LogP contribution in [0.25, 0.3) is 11.4 Å². The zero-order valence-corrected chi connectivity index (χ0v) is 12.6. The van der Waals surface area contributed by atoms with Crippen molar-refractivity contribution in [2.24, 2.45) is 5.92 Å². The number of anilines is 1. The molecule has 0 aliphatic carbocycles. The highest BCUT2D eigenvalue weighted by Crippen LogP contribution is 2.24. The molecule has 0 saturated heterocycles. The number of fused-ring (bicyclic) bond motifs is 1. The molecule has 0 amide bonds. The van der Waals surface area contributed by atoms with Crippen molar-refractivity contribution < 1.29 is 4.74 Å². The van der Waals surface area contributed by atoms with E-state index in [-0.39, 0.29) is 0 Å². The fourth-order valence-electron chi connectivity index (χ4n) is 2.65. The number of ether oxygens (including phenoxy) is 1. The molecule has 0 radical (unpaired) electrons. The third kappa shape index (κ3) is 3.05. The lowest BCUT2D eigenvalue weighted by atomic mass is 10.0. The Morgan fingerprint density at radius 3 is 2.67 bits per heavy atom. The number of nitrogens with zero attached hydrogens (tertiary/aromatic N) is 2. The van der Waals surface area contributed by atoms with Gasteiger partial charge in [0.25, 0.3) is 0 Å². The van der Waals surface area contributed by atoms with E-state index in [0.29, 0.717) is 30.8 Å². The second-order valence-corrected chi connectivity index (χ2v) is 5.96. The Bertz CT molecular complexity index is 635. The summed E-state index contributed by atoms with van der Waals surface area (Å²) < 4.78 is 5.42. The predicted octanol–water partition coefficient (Wildman–Crippen LogP) is 3.00. The van der Waals surface area contributed by atoms with Gasteiger partial charge in [0.05, 0.1) is 18.9 Å². The van der Waals surface area contributed by atoms with E-state index in [1.54, 1.807) is 0 Å². The summed E-state index contributed by atoms with van der Waals surface area (Å²) in [5.74, 6) is 1.91. The molecular weight excluding hydrogens is 262 g/mol. The molecule has 0 fully saturated rings.